The highest BCUT2D eigenvalue weighted by Gasteiger charge is 2.39. The molecule has 0 amide bonds. The SMILES string of the molecule is O=C(c1ccc(F)cc1)C1CCN(CCCC2CC(O)c3ccsc3S2(=O)=O)CC1. The van der Waals surface area contributed by atoms with Crippen molar-refractivity contribution in [3.05, 3.63) is 52.7 Å². The topological polar surface area (TPSA) is 74.7 Å². The Morgan fingerprint density at radius 1 is 1.17 bits per heavy atom. The highest BCUT2D eigenvalue weighted by atomic mass is 32.2. The second-order valence-electron chi connectivity index (χ2n) is 8.21. The van der Waals surface area contributed by atoms with Crippen LogP contribution in [0.1, 0.15) is 54.1 Å². The fourth-order valence-corrected chi connectivity index (χ4v) is 8.06. The Hall–Kier alpha value is -1.61. The van der Waals surface area contributed by atoms with Crippen LogP contribution in [0.2, 0.25) is 0 Å². The van der Waals surface area contributed by atoms with Crippen LogP contribution in [0.3, 0.4) is 0 Å². The van der Waals surface area contributed by atoms with Gasteiger partial charge in [-0.15, -0.1) is 11.3 Å². The third-order valence-corrected chi connectivity index (χ3v) is 10.1. The first-order valence-corrected chi connectivity index (χ1v) is 12.8. The van der Waals surface area contributed by atoms with Gasteiger partial charge in [0.1, 0.15) is 10.0 Å². The van der Waals surface area contributed by atoms with E-state index < -0.39 is 21.2 Å². The van der Waals surface area contributed by atoms with Crippen molar-refractivity contribution in [2.24, 2.45) is 5.92 Å². The standard InChI is InChI=1S/C22H26FNO4S2/c23-17-5-3-15(4-6-17)21(26)16-7-11-24(12-8-16)10-1-2-18-14-20(25)19-9-13-29-22(19)30(18,27)28/h3-6,9,13,16,18,20,25H,1-2,7-8,10-12,14H2. The number of aliphatic hydroxyl groups is 1. The Morgan fingerprint density at radius 3 is 2.57 bits per heavy atom. The number of halogens is 1. The summed E-state index contributed by atoms with van der Waals surface area (Å²) in [5, 5.41) is 11.5. The smallest absolute Gasteiger partial charge is 0.191 e. The molecule has 8 heteroatoms. The Kier molecular flexibility index (Phi) is 6.39. The zero-order chi connectivity index (χ0) is 21.3. The van der Waals surface area contributed by atoms with E-state index in [-0.39, 0.29) is 23.9 Å². The molecule has 5 nitrogen and oxygen atoms in total. The lowest BCUT2D eigenvalue weighted by Crippen LogP contribution is -2.37. The molecule has 3 heterocycles. The molecular weight excluding hydrogens is 425 g/mol. The van der Waals surface area contributed by atoms with Crippen molar-refractivity contribution < 1.29 is 22.7 Å². The summed E-state index contributed by atoms with van der Waals surface area (Å²) in [4.78, 5) is 14.9. The first-order valence-electron chi connectivity index (χ1n) is 10.4. The molecule has 0 bridgehead atoms. The number of ketones is 1. The molecule has 1 aromatic heterocycles. The minimum absolute atomic E-state index is 0.0437. The number of fused-ring (bicyclic) bond motifs is 1. The van der Waals surface area contributed by atoms with Crippen molar-refractivity contribution in [2.75, 3.05) is 19.6 Å². The average molecular weight is 452 g/mol. The summed E-state index contributed by atoms with van der Waals surface area (Å²) in [5.74, 6) is -0.314. The van der Waals surface area contributed by atoms with Crippen LogP contribution in [0.25, 0.3) is 0 Å². The number of carbonyl (C=O) groups is 1. The first-order chi connectivity index (χ1) is 14.4. The van der Waals surface area contributed by atoms with Gasteiger partial charge in [0.25, 0.3) is 0 Å². The molecule has 0 aliphatic carbocycles. The van der Waals surface area contributed by atoms with Crippen LogP contribution in [0.4, 0.5) is 4.39 Å². The summed E-state index contributed by atoms with van der Waals surface area (Å²) >= 11 is 1.19. The number of thiophene rings is 1. The minimum atomic E-state index is -3.36. The molecule has 0 saturated carbocycles. The summed E-state index contributed by atoms with van der Waals surface area (Å²) in [6, 6.07) is 7.43. The van der Waals surface area contributed by atoms with Crippen molar-refractivity contribution in [3.63, 3.8) is 0 Å². The van der Waals surface area contributed by atoms with Gasteiger partial charge < -0.3 is 10.0 Å². The number of likely N-dealkylation sites (tertiary alicyclic amines) is 1. The predicted molar refractivity (Wildman–Crippen MR) is 114 cm³/mol. The third-order valence-electron chi connectivity index (χ3n) is 6.29. The van der Waals surface area contributed by atoms with Gasteiger partial charge in [0.15, 0.2) is 15.6 Å². The van der Waals surface area contributed by atoms with Crippen LogP contribution in [0, 0.1) is 11.7 Å². The van der Waals surface area contributed by atoms with E-state index >= 15 is 0 Å². The van der Waals surface area contributed by atoms with Gasteiger partial charge in [0, 0.05) is 17.0 Å². The van der Waals surface area contributed by atoms with Gasteiger partial charge >= 0.3 is 0 Å². The number of nitrogens with zero attached hydrogens (tertiary/aromatic N) is 1. The van der Waals surface area contributed by atoms with Crippen LogP contribution in [-0.2, 0) is 9.84 Å². The Labute approximate surface area is 180 Å². The molecule has 2 aromatic rings. The summed E-state index contributed by atoms with van der Waals surface area (Å²) < 4.78 is 39.0. The molecular formula is C22H26FNO4S2. The van der Waals surface area contributed by atoms with E-state index in [0.29, 0.717) is 21.8 Å². The maximum absolute atomic E-state index is 13.1. The van der Waals surface area contributed by atoms with Gasteiger partial charge in [0.05, 0.1) is 11.4 Å². The van der Waals surface area contributed by atoms with Gasteiger partial charge in [-0.3, -0.25) is 4.79 Å². The van der Waals surface area contributed by atoms with E-state index in [1.54, 1.807) is 23.6 Å². The molecule has 1 aromatic carbocycles. The van der Waals surface area contributed by atoms with Crippen molar-refractivity contribution in [1.82, 2.24) is 4.90 Å². The van der Waals surface area contributed by atoms with Crippen molar-refractivity contribution in [3.8, 4) is 0 Å². The van der Waals surface area contributed by atoms with Gasteiger partial charge in [-0.25, -0.2) is 12.8 Å². The van der Waals surface area contributed by atoms with Gasteiger partial charge in [-0.05, 0) is 87.5 Å². The van der Waals surface area contributed by atoms with Gasteiger partial charge in [0.2, 0.25) is 0 Å². The van der Waals surface area contributed by atoms with E-state index in [2.05, 4.69) is 4.90 Å². The van der Waals surface area contributed by atoms with Crippen molar-refractivity contribution in [2.45, 2.75) is 47.7 Å². The Balaban J connectivity index is 1.26. The van der Waals surface area contributed by atoms with E-state index in [1.165, 1.54) is 23.5 Å². The molecule has 2 atom stereocenters. The number of carbonyl (C=O) groups excluding carboxylic acids is 1. The highest BCUT2D eigenvalue weighted by molar-refractivity contribution is 7.94. The number of hydrogen-bond acceptors (Lipinski definition) is 6. The number of piperidine rings is 1. The molecule has 2 aliphatic heterocycles. The molecule has 1 saturated heterocycles. The predicted octanol–water partition coefficient (Wildman–Crippen LogP) is 3.84. The molecule has 0 radical (unpaired) electrons. The van der Waals surface area contributed by atoms with Crippen LogP contribution in [0.15, 0.2) is 39.9 Å². The third kappa shape index (κ3) is 4.37. The number of aliphatic hydroxyl groups excluding tert-OH is 1. The van der Waals surface area contributed by atoms with E-state index in [0.717, 1.165) is 38.9 Å². The first kappa shape index (κ1) is 21.6. The highest BCUT2D eigenvalue weighted by Crippen LogP contribution is 2.41. The Morgan fingerprint density at radius 2 is 1.87 bits per heavy atom. The van der Waals surface area contributed by atoms with Crippen LogP contribution >= 0.6 is 11.3 Å². The summed E-state index contributed by atoms with van der Waals surface area (Å²) in [5.41, 5.74) is 1.10. The number of rotatable bonds is 6. The number of benzene rings is 1. The molecule has 4 rings (SSSR count). The lowest BCUT2D eigenvalue weighted by molar-refractivity contribution is 0.0838. The molecule has 30 heavy (non-hydrogen) atoms. The second-order valence-corrected chi connectivity index (χ2v) is 11.6. The maximum atomic E-state index is 13.1. The molecule has 162 valence electrons. The fraction of sp³-hybridized carbons (Fsp3) is 0.500. The quantitative estimate of drug-likeness (QED) is 0.676. The van der Waals surface area contributed by atoms with Crippen LogP contribution in [0.5, 0.6) is 0 Å². The van der Waals surface area contributed by atoms with Gasteiger partial charge in [-0.1, -0.05) is 0 Å². The number of Topliss-reactive ketones (excluding diaryl/α,β-unsaturated/α-hetero) is 1. The second kappa shape index (κ2) is 8.86. The van der Waals surface area contributed by atoms with Crippen LogP contribution in [-0.4, -0.2) is 49.1 Å². The van der Waals surface area contributed by atoms with Crippen molar-refractivity contribution >= 4 is 27.0 Å². The van der Waals surface area contributed by atoms with E-state index in [1.807, 2.05) is 0 Å². The largest absolute Gasteiger partial charge is 0.388 e. The minimum Gasteiger partial charge on any atom is -0.388 e. The monoisotopic (exact) mass is 451 g/mol. The summed E-state index contributed by atoms with van der Waals surface area (Å²) in [6.45, 7) is 2.39. The maximum Gasteiger partial charge on any atom is 0.191 e. The average Bonchev–Trinajstić information content (AvgIpc) is 3.24. The van der Waals surface area contributed by atoms with Gasteiger partial charge in [-0.2, -0.15) is 0 Å². The summed E-state index contributed by atoms with van der Waals surface area (Å²) in [7, 11) is -3.36. The normalized spacial score (nSPS) is 24.5. The lowest BCUT2D eigenvalue weighted by Gasteiger charge is -2.32. The Bertz CT molecular complexity index is 994. The molecule has 1 fully saturated rings. The van der Waals surface area contributed by atoms with E-state index in [9.17, 15) is 22.7 Å². The van der Waals surface area contributed by atoms with Crippen molar-refractivity contribution in [1.29, 1.82) is 0 Å². The van der Waals surface area contributed by atoms with E-state index in [4.69, 9.17) is 0 Å². The molecule has 2 aliphatic rings. The zero-order valence-electron chi connectivity index (χ0n) is 16.7. The summed E-state index contributed by atoms with van der Waals surface area (Å²) in [6.07, 6.45) is 2.36. The zero-order valence-corrected chi connectivity index (χ0v) is 18.3. The molecule has 2 unspecified atom stereocenters. The number of sulfone groups is 1. The molecule has 1 N–H and O–H groups in total. The fourth-order valence-electron chi connectivity index (χ4n) is 4.52. The molecule has 0 spiro atoms. The van der Waals surface area contributed by atoms with Crippen LogP contribution < -0.4 is 0 Å². The number of hydrogen-bond donors (Lipinski definition) is 1. The lowest BCUT2D eigenvalue weighted by atomic mass is 9.89.